The van der Waals surface area contributed by atoms with Crippen molar-refractivity contribution in [1.29, 1.82) is 0 Å². The van der Waals surface area contributed by atoms with E-state index in [0.717, 1.165) is 25.0 Å². The SMILES string of the molecule is O=C(OCC(=O)N1CCCC1)c1cc(S(=O)(=O)N2CCOCC2)ccc1O. The number of hydrogen-bond acceptors (Lipinski definition) is 7. The quantitative estimate of drug-likeness (QED) is 0.705. The van der Waals surface area contributed by atoms with Crippen molar-refractivity contribution >= 4 is 21.9 Å². The number of carbonyl (C=O) groups is 2. The summed E-state index contributed by atoms with van der Waals surface area (Å²) in [6.45, 7) is 1.85. The molecule has 0 unspecified atom stereocenters. The molecule has 9 nitrogen and oxygen atoms in total. The number of hydrogen-bond donors (Lipinski definition) is 1. The van der Waals surface area contributed by atoms with E-state index in [1.807, 2.05) is 0 Å². The fourth-order valence-corrected chi connectivity index (χ4v) is 4.47. The van der Waals surface area contributed by atoms with Crippen molar-refractivity contribution in [3.63, 3.8) is 0 Å². The summed E-state index contributed by atoms with van der Waals surface area (Å²) >= 11 is 0. The van der Waals surface area contributed by atoms with Crippen molar-refractivity contribution in [3.05, 3.63) is 23.8 Å². The molecular formula is C17H22N2O7S. The maximum Gasteiger partial charge on any atom is 0.342 e. The average molecular weight is 398 g/mol. The molecule has 1 amide bonds. The summed E-state index contributed by atoms with van der Waals surface area (Å²) in [4.78, 5) is 25.7. The van der Waals surface area contributed by atoms with E-state index >= 15 is 0 Å². The fraction of sp³-hybridized carbons (Fsp3) is 0.529. The van der Waals surface area contributed by atoms with Crippen molar-refractivity contribution in [1.82, 2.24) is 9.21 Å². The molecule has 2 aliphatic rings. The maximum atomic E-state index is 12.7. The number of amides is 1. The smallest absolute Gasteiger partial charge is 0.342 e. The predicted octanol–water partition coefficient (Wildman–Crippen LogP) is 0.192. The highest BCUT2D eigenvalue weighted by molar-refractivity contribution is 7.89. The average Bonchev–Trinajstić information content (AvgIpc) is 3.21. The second kappa shape index (κ2) is 8.24. The van der Waals surface area contributed by atoms with Crippen LogP contribution in [0.5, 0.6) is 5.75 Å². The molecule has 27 heavy (non-hydrogen) atoms. The number of rotatable bonds is 5. The molecule has 2 saturated heterocycles. The Balaban J connectivity index is 1.72. The van der Waals surface area contributed by atoms with E-state index in [1.165, 1.54) is 10.4 Å². The number of likely N-dealkylation sites (tertiary alicyclic amines) is 1. The Morgan fingerprint density at radius 2 is 1.78 bits per heavy atom. The van der Waals surface area contributed by atoms with Crippen molar-refractivity contribution in [2.75, 3.05) is 46.0 Å². The van der Waals surface area contributed by atoms with Crippen LogP contribution in [0.2, 0.25) is 0 Å². The van der Waals surface area contributed by atoms with Crippen LogP contribution in [0, 0.1) is 0 Å². The van der Waals surface area contributed by atoms with Gasteiger partial charge in [0.15, 0.2) is 6.61 Å². The van der Waals surface area contributed by atoms with E-state index < -0.39 is 28.3 Å². The lowest BCUT2D eigenvalue weighted by Gasteiger charge is -2.26. The van der Waals surface area contributed by atoms with Crippen LogP contribution in [0.4, 0.5) is 0 Å². The third-order valence-electron chi connectivity index (χ3n) is 4.58. The van der Waals surface area contributed by atoms with Crippen LogP contribution < -0.4 is 0 Å². The van der Waals surface area contributed by atoms with Gasteiger partial charge in [-0.05, 0) is 31.0 Å². The summed E-state index contributed by atoms with van der Waals surface area (Å²) in [6, 6.07) is 3.43. The molecule has 148 valence electrons. The van der Waals surface area contributed by atoms with Gasteiger partial charge < -0.3 is 19.5 Å². The number of esters is 1. The van der Waals surface area contributed by atoms with Crippen LogP contribution in [0.15, 0.2) is 23.1 Å². The molecule has 2 heterocycles. The van der Waals surface area contributed by atoms with Gasteiger partial charge in [-0.25, -0.2) is 13.2 Å². The maximum absolute atomic E-state index is 12.7. The zero-order valence-electron chi connectivity index (χ0n) is 14.8. The lowest BCUT2D eigenvalue weighted by atomic mass is 10.2. The minimum absolute atomic E-state index is 0.125. The summed E-state index contributed by atoms with van der Waals surface area (Å²) in [7, 11) is -3.82. The van der Waals surface area contributed by atoms with Gasteiger partial charge in [-0.15, -0.1) is 0 Å². The number of benzene rings is 1. The van der Waals surface area contributed by atoms with E-state index in [2.05, 4.69) is 0 Å². The van der Waals surface area contributed by atoms with Gasteiger partial charge in [0.1, 0.15) is 11.3 Å². The van der Waals surface area contributed by atoms with E-state index in [0.29, 0.717) is 26.3 Å². The lowest BCUT2D eigenvalue weighted by molar-refractivity contribution is -0.133. The van der Waals surface area contributed by atoms with E-state index in [4.69, 9.17) is 9.47 Å². The topological polar surface area (TPSA) is 113 Å². The molecule has 0 radical (unpaired) electrons. The molecule has 1 N–H and O–H groups in total. The van der Waals surface area contributed by atoms with E-state index in [1.54, 1.807) is 4.90 Å². The number of sulfonamides is 1. The first kappa shape index (κ1) is 19.6. The van der Waals surface area contributed by atoms with Crippen molar-refractivity contribution in [2.24, 2.45) is 0 Å². The van der Waals surface area contributed by atoms with Crippen LogP contribution in [0.25, 0.3) is 0 Å². The molecule has 0 spiro atoms. The molecule has 0 atom stereocenters. The number of phenols is 1. The van der Waals surface area contributed by atoms with Crippen molar-refractivity contribution in [3.8, 4) is 5.75 Å². The Kier molecular flexibility index (Phi) is 5.98. The standard InChI is InChI=1S/C17H22N2O7S/c20-15-4-3-13(27(23,24)19-7-9-25-10-8-19)11-14(15)17(22)26-12-16(21)18-5-1-2-6-18/h3-4,11,20H,1-2,5-10,12H2. The first-order chi connectivity index (χ1) is 12.9. The molecule has 2 fully saturated rings. The highest BCUT2D eigenvalue weighted by Crippen LogP contribution is 2.25. The zero-order valence-corrected chi connectivity index (χ0v) is 15.6. The van der Waals surface area contributed by atoms with Crippen LogP contribution in [-0.2, 0) is 24.3 Å². The number of nitrogens with zero attached hydrogens (tertiary/aromatic N) is 2. The Morgan fingerprint density at radius 3 is 2.44 bits per heavy atom. The Labute approximate surface area is 157 Å². The van der Waals surface area contributed by atoms with Gasteiger partial charge in [0, 0.05) is 26.2 Å². The van der Waals surface area contributed by atoms with Crippen LogP contribution in [0.3, 0.4) is 0 Å². The van der Waals surface area contributed by atoms with E-state index in [-0.39, 0.29) is 29.5 Å². The molecule has 0 bridgehead atoms. The van der Waals surface area contributed by atoms with Crippen molar-refractivity contribution < 1.29 is 32.6 Å². The fourth-order valence-electron chi connectivity index (χ4n) is 3.04. The summed E-state index contributed by atoms with van der Waals surface area (Å²) < 4.78 is 36.8. The molecule has 1 aromatic rings. The summed E-state index contributed by atoms with van der Waals surface area (Å²) in [6.07, 6.45) is 1.84. The molecule has 3 rings (SSSR count). The highest BCUT2D eigenvalue weighted by Gasteiger charge is 2.28. The zero-order chi connectivity index (χ0) is 19.4. The van der Waals surface area contributed by atoms with E-state index in [9.17, 15) is 23.1 Å². The molecule has 2 aliphatic heterocycles. The number of aromatic hydroxyl groups is 1. The predicted molar refractivity (Wildman–Crippen MR) is 93.8 cm³/mol. The second-order valence-corrected chi connectivity index (χ2v) is 8.30. The third kappa shape index (κ3) is 4.40. The minimum Gasteiger partial charge on any atom is -0.507 e. The van der Waals surface area contributed by atoms with Gasteiger partial charge in [0.05, 0.1) is 18.1 Å². The van der Waals surface area contributed by atoms with Gasteiger partial charge in [-0.1, -0.05) is 0 Å². The van der Waals surface area contributed by atoms with Gasteiger partial charge in [-0.3, -0.25) is 4.79 Å². The minimum atomic E-state index is -3.82. The first-order valence-electron chi connectivity index (χ1n) is 8.75. The highest BCUT2D eigenvalue weighted by atomic mass is 32.2. The number of morpholine rings is 1. The number of phenolic OH excluding ortho intramolecular Hbond substituents is 1. The summed E-state index contributed by atoms with van der Waals surface area (Å²) in [5, 5.41) is 9.93. The molecule has 0 saturated carbocycles. The first-order valence-corrected chi connectivity index (χ1v) is 10.2. The van der Waals surface area contributed by atoms with Gasteiger partial charge >= 0.3 is 5.97 Å². The van der Waals surface area contributed by atoms with Gasteiger partial charge in [-0.2, -0.15) is 4.31 Å². The Hall–Kier alpha value is -2.17. The Morgan fingerprint density at radius 1 is 1.11 bits per heavy atom. The van der Waals surface area contributed by atoms with Gasteiger partial charge in [0.25, 0.3) is 5.91 Å². The van der Waals surface area contributed by atoms with Gasteiger partial charge in [0.2, 0.25) is 10.0 Å². The molecular weight excluding hydrogens is 376 g/mol. The molecule has 0 aliphatic carbocycles. The van der Waals surface area contributed by atoms with Crippen LogP contribution in [0.1, 0.15) is 23.2 Å². The number of ether oxygens (including phenoxy) is 2. The monoisotopic (exact) mass is 398 g/mol. The van der Waals surface area contributed by atoms with Crippen LogP contribution >= 0.6 is 0 Å². The third-order valence-corrected chi connectivity index (χ3v) is 6.48. The second-order valence-electron chi connectivity index (χ2n) is 6.36. The normalized spacial score (nSPS) is 18.4. The summed E-state index contributed by atoms with van der Waals surface area (Å²) in [5.74, 6) is -1.66. The summed E-state index contributed by atoms with van der Waals surface area (Å²) in [5.41, 5.74) is -0.293. The molecule has 1 aromatic carbocycles. The largest absolute Gasteiger partial charge is 0.507 e. The molecule has 0 aromatic heterocycles. The number of carbonyl (C=O) groups excluding carboxylic acids is 2. The Bertz CT molecular complexity index is 813. The van der Waals surface area contributed by atoms with Crippen molar-refractivity contribution in [2.45, 2.75) is 17.7 Å². The lowest BCUT2D eigenvalue weighted by Crippen LogP contribution is -2.40. The molecule has 10 heteroatoms. The van der Waals surface area contributed by atoms with Crippen LogP contribution in [-0.4, -0.2) is 80.6 Å².